The standard InChI is InChI=1S/C9H12O4/c10-8(11)5-4-7-3-1-2-6-9(7,12)13/h1-3,6-7,12-13H,4-5H2,(H,10,11). The number of rotatable bonds is 3. The van der Waals surface area contributed by atoms with Crippen LogP contribution in [0.25, 0.3) is 0 Å². The second-order valence-corrected chi connectivity index (χ2v) is 3.07. The van der Waals surface area contributed by atoms with E-state index in [1.165, 1.54) is 12.2 Å². The monoisotopic (exact) mass is 184 g/mol. The third-order valence-corrected chi connectivity index (χ3v) is 2.01. The molecule has 0 radical (unpaired) electrons. The molecule has 4 heteroatoms. The largest absolute Gasteiger partial charge is 0.481 e. The molecule has 0 spiro atoms. The molecule has 3 N–H and O–H groups in total. The number of aliphatic carboxylic acids is 1. The zero-order valence-electron chi connectivity index (χ0n) is 7.05. The molecule has 0 bridgehead atoms. The van der Waals surface area contributed by atoms with E-state index in [2.05, 4.69) is 0 Å². The van der Waals surface area contributed by atoms with E-state index in [1.807, 2.05) is 0 Å². The Balaban J connectivity index is 2.54. The Bertz CT molecular complexity index is 252. The molecule has 1 aliphatic rings. The van der Waals surface area contributed by atoms with Gasteiger partial charge in [0.15, 0.2) is 5.79 Å². The van der Waals surface area contributed by atoms with Gasteiger partial charge in [-0.3, -0.25) is 4.79 Å². The van der Waals surface area contributed by atoms with Gasteiger partial charge in [0.1, 0.15) is 0 Å². The second kappa shape index (κ2) is 3.72. The number of allylic oxidation sites excluding steroid dienone is 2. The first-order chi connectivity index (χ1) is 6.02. The van der Waals surface area contributed by atoms with Crippen molar-refractivity contribution in [3.8, 4) is 0 Å². The molecule has 0 aromatic carbocycles. The van der Waals surface area contributed by atoms with Gasteiger partial charge in [0.2, 0.25) is 0 Å². The van der Waals surface area contributed by atoms with E-state index in [0.29, 0.717) is 0 Å². The molecule has 0 heterocycles. The highest BCUT2D eigenvalue weighted by atomic mass is 16.5. The van der Waals surface area contributed by atoms with Gasteiger partial charge in [-0.15, -0.1) is 0 Å². The number of hydrogen-bond acceptors (Lipinski definition) is 3. The molecular formula is C9H12O4. The van der Waals surface area contributed by atoms with E-state index in [9.17, 15) is 15.0 Å². The van der Waals surface area contributed by atoms with Crippen molar-refractivity contribution in [1.82, 2.24) is 0 Å². The summed E-state index contributed by atoms with van der Waals surface area (Å²) in [7, 11) is 0. The Kier molecular flexibility index (Phi) is 2.85. The van der Waals surface area contributed by atoms with Crippen LogP contribution in [0, 0.1) is 5.92 Å². The van der Waals surface area contributed by atoms with Gasteiger partial charge < -0.3 is 15.3 Å². The van der Waals surface area contributed by atoms with E-state index < -0.39 is 17.7 Å². The zero-order valence-corrected chi connectivity index (χ0v) is 7.05. The topological polar surface area (TPSA) is 77.8 Å². The molecule has 0 aromatic heterocycles. The summed E-state index contributed by atoms with van der Waals surface area (Å²) < 4.78 is 0. The lowest BCUT2D eigenvalue weighted by Gasteiger charge is -2.27. The quantitative estimate of drug-likeness (QED) is 0.550. The Morgan fingerprint density at radius 2 is 2.08 bits per heavy atom. The molecule has 1 aliphatic carbocycles. The number of carbonyl (C=O) groups is 1. The van der Waals surface area contributed by atoms with Crippen molar-refractivity contribution in [3.05, 3.63) is 24.3 Å². The van der Waals surface area contributed by atoms with Crippen LogP contribution in [0.1, 0.15) is 12.8 Å². The normalized spacial score (nSPS) is 24.6. The van der Waals surface area contributed by atoms with Gasteiger partial charge in [0.05, 0.1) is 0 Å². The number of carboxylic acids is 1. The molecule has 4 nitrogen and oxygen atoms in total. The maximum Gasteiger partial charge on any atom is 0.303 e. The van der Waals surface area contributed by atoms with Gasteiger partial charge in [-0.25, -0.2) is 0 Å². The fourth-order valence-electron chi connectivity index (χ4n) is 1.25. The number of aliphatic hydroxyl groups is 2. The summed E-state index contributed by atoms with van der Waals surface area (Å²) >= 11 is 0. The van der Waals surface area contributed by atoms with Gasteiger partial charge in [-0.05, 0) is 12.5 Å². The van der Waals surface area contributed by atoms with Gasteiger partial charge in [0, 0.05) is 12.3 Å². The van der Waals surface area contributed by atoms with Crippen molar-refractivity contribution in [2.24, 2.45) is 5.92 Å². The zero-order chi connectivity index (χ0) is 9.90. The van der Waals surface area contributed by atoms with E-state index in [-0.39, 0.29) is 12.8 Å². The number of carboxylic acid groups (broad SMARTS) is 1. The summed E-state index contributed by atoms with van der Waals surface area (Å²) in [4.78, 5) is 10.2. The molecule has 0 fully saturated rings. The predicted octanol–water partition coefficient (Wildman–Crippen LogP) is 0.274. The van der Waals surface area contributed by atoms with E-state index in [0.717, 1.165) is 0 Å². The highest BCUT2D eigenvalue weighted by Crippen LogP contribution is 2.25. The van der Waals surface area contributed by atoms with Crippen LogP contribution in [0.2, 0.25) is 0 Å². The molecule has 1 atom stereocenters. The van der Waals surface area contributed by atoms with Crippen molar-refractivity contribution >= 4 is 5.97 Å². The Morgan fingerprint density at radius 3 is 2.62 bits per heavy atom. The minimum atomic E-state index is -1.90. The first-order valence-corrected chi connectivity index (χ1v) is 4.05. The lowest BCUT2D eigenvalue weighted by molar-refractivity contribution is -0.153. The second-order valence-electron chi connectivity index (χ2n) is 3.07. The molecule has 0 aromatic rings. The summed E-state index contributed by atoms with van der Waals surface area (Å²) in [5, 5.41) is 27.2. The molecule has 0 saturated carbocycles. The van der Waals surface area contributed by atoms with Crippen molar-refractivity contribution in [2.45, 2.75) is 18.6 Å². The van der Waals surface area contributed by atoms with Crippen LogP contribution in [0.5, 0.6) is 0 Å². The molecule has 72 valence electrons. The van der Waals surface area contributed by atoms with Crippen molar-refractivity contribution in [3.63, 3.8) is 0 Å². The SMILES string of the molecule is O=C(O)CCC1C=CC=CC1(O)O. The van der Waals surface area contributed by atoms with Crippen molar-refractivity contribution in [1.29, 1.82) is 0 Å². The van der Waals surface area contributed by atoms with Gasteiger partial charge in [0.25, 0.3) is 0 Å². The fraction of sp³-hybridized carbons (Fsp3) is 0.444. The van der Waals surface area contributed by atoms with Crippen LogP contribution in [0.15, 0.2) is 24.3 Å². The Morgan fingerprint density at radius 1 is 1.38 bits per heavy atom. The lowest BCUT2D eigenvalue weighted by atomic mass is 9.90. The summed E-state index contributed by atoms with van der Waals surface area (Å²) in [6, 6.07) is 0. The molecular weight excluding hydrogens is 172 g/mol. The van der Waals surface area contributed by atoms with Crippen molar-refractivity contribution in [2.75, 3.05) is 0 Å². The van der Waals surface area contributed by atoms with Crippen LogP contribution in [0.4, 0.5) is 0 Å². The molecule has 1 unspecified atom stereocenters. The summed E-state index contributed by atoms with van der Waals surface area (Å²) in [5.74, 6) is -3.36. The highest BCUT2D eigenvalue weighted by molar-refractivity contribution is 5.66. The van der Waals surface area contributed by atoms with Gasteiger partial charge in [-0.2, -0.15) is 0 Å². The molecule has 1 rings (SSSR count). The predicted molar refractivity (Wildman–Crippen MR) is 45.8 cm³/mol. The summed E-state index contributed by atoms with van der Waals surface area (Å²) in [5.41, 5.74) is 0. The molecule has 0 saturated heterocycles. The van der Waals surface area contributed by atoms with Crippen LogP contribution < -0.4 is 0 Å². The Labute approximate surface area is 75.8 Å². The maximum absolute atomic E-state index is 10.2. The minimum Gasteiger partial charge on any atom is -0.481 e. The van der Waals surface area contributed by atoms with E-state index in [1.54, 1.807) is 12.2 Å². The first kappa shape index (κ1) is 9.95. The third-order valence-electron chi connectivity index (χ3n) is 2.01. The van der Waals surface area contributed by atoms with E-state index >= 15 is 0 Å². The average molecular weight is 184 g/mol. The van der Waals surface area contributed by atoms with E-state index in [4.69, 9.17) is 5.11 Å². The maximum atomic E-state index is 10.2. The number of hydrogen-bond donors (Lipinski definition) is 3. The van der Waals surface area contributed by atoms with Crippen LogP contribution >= 0.6 is 0 Å². The summed E-state index contributed by atoms with van der Waals surface area (Å²) in [6.45, 7) is 0. The van der Waals surface area contributed by atoms with Gasteiger partial charge in [-0.1, -0.05) is 18.2 Å². The van der Waals surface area contributed by atoms with Gasteiger partial charge >= 0.3 is 5.97 Å². The highest BCUT2D eigenvalue weighted by Gasteiger charge is 2.31. The summed E-state index contributed by atoms with van der Waals surface area (Å²) in [6.07, 6.45) is 6.21. The first-order valence-electron chi connectivity index (χ1n) is 4.05. The molecule has 0 amide bonds. The molecule has 13 heavy (non-hydrogen) atoms. The fourth-order valence-corrected chi connectivity index (χ4v) is 1.25. The smallest absolute Gasteiger partial charge is 0.303 e. The Hall–Kier alpha value is -1.13. The minimum absolute atomic E-state index is 0.0638. The lowest BCUT2D eigenvalue weighted by Crippen LogP contribution is -2.35. The van der Waals surface area contributed by atoms with Crippen LogP contribution in [-0.2, 0) is 4.79 Å². The van der Waals surface area contributed by atoms with Crippen molar-refractivity contribution < 1.29 is 20.1 Å². The van der Waals surface area contributed by atoms with Crippen LogP contribution in [-0.4, -0.2) is 27.1 Å². The molecule has 0 aliphatic heterocycles. The average Bonchev–Trinajstić information content (AvgIpc) is 2.01. The third kappa shape index (κ3) is 2.68. The van der Waals surface area contributed by atoms with Crippen LogP contribution in [0.3, 0.4) is 0 Å².